The Kier molecular flexibility index (Phi) is 6.94. The number of halogens is 3. The van der Waals surface area contributed by atoms with Crippen molar-refractivity contribution in [3.63, 3.8) is 0 Å². The molecular formula is C27H33F3N2O2. The van der Waals surface area contributed by atoms with Gasteiger partial charge in [0.15, 0.2) is 0 Å². The fourth-order valence-electron chi connectivity index (χ4n) is 4.73. The molecule has 0 spiro atoms. The van der Waals surface area contributed by atoms with Crippen molar-refractivity contribution in [3.05, 3.63) is 59.7 Å². The lowest BCUT2D eigenvalue weighted by Crippen LogP contribution is -2.44. The third kappa shape index (κ3) is 6.53. The summed E-state index contributed by atoms with van der Waals surface area (Å²) >= 11 is 0. The predicted octanol–water partition coefficient (Wildman–Crippen LogP) is 6.65. The fourth-order valence-corrected chi connectivity index (χ4v) is 4.73. The van der Waals surface area contributed by atoms with Crippen LogP contribution in [0.2, 0.25) is 0 Å². The smallest absolute Gasteiger partial charge is 0.416 e. The molecule has 0 saturated heterocycles. The number of carbonyl (C=O) groups excluding carboxylic acids is 1. The Morgan fingerprint density at radius 1 is 0.912 bits per heavy atom. The summed E-state index contributed by atoms with van der Waals surface area (Å²) in [5.74, 6) is 0.438. The zero-order valence-corrected chi connectivity index (χ0v) is 19.9. The Morgan fingerprint density at radius 3 is 2.18 bits per heavy atom. The van der Waals surface area contributed by atoms with Gasteiger partial charge in [0.25, 0.3) is 0 Å². The first-order valence-electron chi connectivity index (χ1n) is 12.0. The van der Waals surface area contributed by atoms with Gasteiger partial charge < -0.3 is 15.4 Å². The number of nitrogens with one attached hydrogen (secondary N) is 2. The number of benzene rings is 2. The highest BCUT2D eigenvalue weighted by Gasteiger charge is 2.40. The number of hydrogen-bond acceptors (Lipinski definition) is 3. The molecular weight excluding hydrogens is 441 g/mol. The van der Waals surface area contributed by atoms with E-state index in [2.05, 4.69) is 10.6 Å². The zero-order valence-electron chi connectivity index (χ0n) is 19.9. The molecule has 0 bridgehead atoms. The molecule has 2 N–H and O–H groups in total. The SMILES string of the molecule is CC(C)(C)OC(=O)NC1CCC(N[C@@H]2C[C@H]2c2ccc(-c3cccc(C(F)(F)F)c3)cc2)CC1. The summed E-state index contributed by atoms with van der Waals surface area (Å²) in [5, 5.41) is 6.73. The monoisotopic (exact) mass is 474 g/mol. The van der Waals surface area contributed by atoms with Gasteiger partial charge in [0, 0.05) is 24.0 Å². The molecule has 4 rings (SSSR count). The summed E-state index contributed by atoms with van der Waals surface area (Å²) in [4.78, 5) is 12.0. The van der Waals surface area contributed by atoms with E-state index in [9.17, 15) is 18.0 Å². The largest absolute Gasteiger partial charge is 0.444 e. The van der Waals surface area contributed by atoms with Gasteiger partial charge in [0.2, 0.25) is 0 Å². The molecule has 2 aromatic carbocycles. The standard InChI is InChI=1S/C27H33F3N2O2/c1-26(2,3)34-25(33)32-22-13-11-21(12-14-22)31-24-16-23(24)18-9-7-17(8-10-18)19-5-4-6-20(15-19)27(28,29)30/h4-10,15,21-24,31H,11-14,16H2,1-3H3,(H,32,33)/t21?,22?,23-,24+/m0/s1. The number of rotatable bonds is 5. The van der Waals surface area contributed by atoms with Gasteiger partial charge in [-0.05, 0) is 81.7 Å². The van der Waals surface area contributed by atoms with E-state index in [1.807, 2.05) is 45.0 Å². The van der Waals surface area contributed by atoms with Gasteiger partial charge in [-0.15, -0.1) is 0 Å². The Hall–Kier alpha value is -2.54. The maximum atomic E-state index is 13.0. The van der Waals surface area contributed by atoms with Gasteiger partial charge in [-0.2, -0.15) is 13.2 Å². The number of ether oxygens (including phenoxy) is 1. The summed E-state index contributed by atoms with van der Waals surface area (Å²) in [6.45, 7) is 5.58. The lowest BCUT2D eigenvalue weighted by Gasteiger charge is -2.30. The van der Waals surface area contributed by atoms with E-state index < -0.39 is 17.3 Å². The molecule has 0 heterocycles. The fraction of sp³-hybridized carbons (Fsp3) is 0.519. The van der Waals surface area contributed by atoms with Crippen LogP contribution in [0.25, 0.3) is 11.1 Å². The van der Waals surface area contributed by atoms with Crippen molar-refractivity contribution in [1.29, 1.82) is 0 Å². The third-order valence-electron chi connectivity index (χ3n) is 6.55. The normalized spacial score (nSPS) is 25.0. The highest BCUT2D eigenvalue weighted by molar-refractivity contribution is 5.68. The quantitative estimate of drug-likeness (QED) is 0.510. The second-order valence-corrected chi connectivity index (χ2v) is 10.5. The van der Waals surface area contributed by atoms with E-state index in [4.69, 9.17) is 4.74 Å². The van der Waals surface area contributed by atoms with Gasteiger partial charge in [-0.25, -0.2) is 4.79 Å². The summed E-state index contributed by atoms with van der Waals surface area (Å²) in [5.41, 5.74) is 1.46. The first kappa shape index (κ1) is 24.6. The van der Waals surface area contributed by atoms with E-state index in [-0.39, 0.29) is 12.1 Å². The van der Waals surface area contributed by atoms with E-state index >= 15 is 0 Å². The Balaban J connectivity index is 1.25. The molecule has 2 aliphatic rings. The molecule has 2 fully saturated rings. The molecule has 2 aliphatic carbocycles. The summed E-state index contributed by atoms with van der Waals surface area (Å²) in [6, 6.07) is 14.4. The van der Waals surface area contributed by atoms with Crippen LogP contribution in [0.15, 0.2) is 48.5 Å². The lowest BCUT2D eigenvalue weighted by molar-refractivity contribution is -0.137. The zero-order chi connectivity index (χ0) is 24.5. The van der Waals surface area contributed by atoms with Gasteiger partial charge in [0.05, 0.1) is 5.56 Å². The number of amides is 1. The average molecular weight is 475 g/mol. The molecule has 0 unspecified atom stereocenters. The van der Waals surface area contributed by atoms with Crippen LogP contribution >= 0.6 is 0 Å². The van der Waals surface area contributed by atoms with Crippen LogP contribution in [0.3, 0.4) is 0 Å². The molecule has 0 aliphatic heterocycles. The van der Waals surface area contributed by atoms with Crippen molar-refractivity contribution in [2.45, 2.75) is 88.7 Å². The first-order chi connectivity index (χ1) is 16.0. The van der Waals surface area contributed by atoms with E-state index in [0.29, 0.717) is 23.6 Å². The number of alkyl carbamates (subject to hydrolysis) is 1. The van der Waals surface area contributed by atoms with Crippen LogP contribution in [-0.4, -0.2) is 29.8 Å². The van der Waals surface area contributed by atoms with Crippen molar-refractivity contribution in [1.82, 2.24) is 10.6 Å². The van der Waals surface area contributed by atoms with Crippen LogP contribution in [0.5, 0.6) is 0 Å². The number of carbonyl (C=O) groups is 1. The minimum absolute atomic E-state index is 0.159. The van der Waals surface area contributed by atoms with Crippen molar-refractivity contribution in [3.8, 4) is 11.1 Å². The summed E-state index contributed by atoms with van der Waals surface area (Å²) < 4.78 is 44.4. The summed E-state index contributed by atoms with van der Waals surface area (Å²) in [7, 11) is 0. The van der Waals surface area contributed by atoms with Crippen molar-refractivity contribution in [2.75, 3.05) is 0 Å². The average Bonchev–Trinajstić information content (AvgIpc) is 3.52. The molecule has 1 amide bonds. The molecule has 2 saturated carbocycles. The molecule has 2 aromatic rings. The highest BCUT2D eigenvalue weighted by Crippen LogP contribution is 2.42. The van der Waals surface area contributed by atoms with E-state index in [1.54, 1.807) is 6.07 Å². The van der Waals surface area contributed by atoms with E-state index in [1.165, 1.54) is 17.7 Å². The predicted molar refractivity (Wildman–Crippen MR) is 127 cm³/mol. The first-order valence-corrected chi connectivity index (χ1v) is 12.0. The number of alkyl halides is 3. The molecule has 184 valence electrons. The van der Waals surface area contributed by atoms with Crippen LogP contribution in [0.1, 0.15) is 69.9 Å². The minimum atomic E-state index is -4.34. The number of hydrogen-bond donors (Lipinski definition) is 2. The van der Waals surface area contributed by atoms with Gasteiger partial charge >= 0.3 is 12.3 Å². The lowest BCUT2D eigenvalue weighted by atomic mass is 9.91. The highest BCUT2D eigenvalue weighted by atomic mass is 19.4. The van der Waals surface area contributed by atoms with Crippen LogP contribution in [-0.2, 0) is 10.9 Å². The third-order valence-corrected chi connectivity index (χ3v) is 6.55. The molecule has 7 heteroatoms. The van der Waals surface area contributed by atoms with Gasteiger partial charge in [-0.1, -0.05) is 36.4 Å². The Labute approximate surface area is 199 Å². The van der Waals surface area contributed by atoms with Crippen LogP contribution < -0.4 is 10.6 Å². The molecule has 4 nitrogen and oxygen atoms in total. The van der Waals surface area contributed by atoms with E-state index in [0.717, 1.165) is 43.7 Å². The van der Waals surface area contributed by atoms with Crippen LogP contribution in [0, 0.1) is 0 Å². The summed E-state index contributed by atoms with van der Waals surface area (Å²) in [6.07, 6.45) is 0.267. The molecule has 34 heavy (non-hydrogen) atoms. The Bertz CT molecular complexity index is 990. The van der Waals surface area contributed by atoms with Gasteiger partial charge in [-0.3, -0.25) is 0 Å². The molecule has 0 aromatic heterocycles. The molecule has 0 radical (unpaired) electrons. The van der Waals surface area contributed by atoms with Crippen molar-refractivity contribution in [2.24, 2.45) is 0 Å². The Morgan fingerprint density at radius 2 is 1.56 bits per heavy atom. The van der Waals surface area contributed by atoms with Gasteiger partial charge in [0.1, 0.15) is 5.60 Å². The maximum absolute atomic E-state index is 13.0. The maximum Gasteiger partial charge on any atom is 0.416 e. The second kappa shape index (κ2) is 9.61. The van der Waals surface area contributed by atoms with Crippen molar-refractivity contribution < 1.29 is 22.7 Å². The topological polar surface area (TPSA) is 50.4 Å². The van der Waals surface area contributed by atoms with Crippen molar-refractivity contribution >= 4 is 6.09 Å². The second-order valence-electron chi connectivity index (χ2n) is 10.5. The van der Waals surface area contributed by atoms with Crippen LogP contribution in [0.4, 0.5) is 18.0 Å². The minimum Gasteiger partial charge on any atom is -0.444 e. The molecule has 2 atom stereocenters.